The molecule has 1 saturated heterocycles. The quantitative estimate of drug-likeness (QED) is 0.491. The molecule has 10 nitrogen and oxygen atoms in total. The molecule has 2 fully saturated rings. The van der Waals surface area contributed by atoms with Crippen molar-refractivity contribution in [1.29, 1.82) is 0 Å². The fraction of sp³-hybridized carbons (Fsp3) is 0.348. The number of hydrogen-bond donors (Lipinski definition) is 3. The van der Waals surface area contributed by atoms with Gasteiger partial charge in [0.15, 0.2) is 5.65 Å². The standard InChI is InChI=1S/C23H24N6O4/c1-13-17(20(31)29-18(26-13)8-9-25-29)11-19(30)24-12-14-4-3-5-16(10-14)28-21(32)23(2,15-6-7-15)27-22(28)33/h3-5,8-10,15,25H,6-7,11-12H2,1-2H3,(H,24,30)(H,27,33). The van der Waals surface area contributed by atoms with Crippen molar-refractivity contribution in [2.75, 3.05) is 4.90 Å². The highest BCUT2D eigenvalue weighted by molar-refractivity contribution is 6.23. The highest BCUT2D eigenvalue weighted by atomic mass is 16.2. The number of nitrogens with zero attached hydrogens (tertiary/aromatic N) is 3. The SMILES string of the molecule is Cc1nc2cc[nH]n2c(=O)c1CC(=O)NCc1cccc(N2C(=O)NC(C)(C3CC3)C2=O)c1. The lowest BCUT2D eigenvalue weighted by Gasteiger charge is -2.21. The van der Waals surface area contributed by atoms with Crippen LogP contribution in [0.1, 0.15) is 36.6 Å². The zero-order valence-corrected chi connectivity index (χ0v) is 18.3. The van der Waals surface area contributed by atoms with E-state index in [1.54, 1.807) is 50.4 Å². The van der Waals surface area contributed by atoms with E-state index in [0.29, 0.717) is 22.6 Å². The summed E-state index contributed by atoms with van der Waals surface area (Å²) in [6.45, 7) is 3.67. The van der Waals surface area contributed by atoms with E-state index >= 15 is 0 Å². The van der Waals surface area contributed by atoms with E-state index in [4.69, 9.17) is 0 Å². The Morgan fingerprint density at radius 2 is 2.03 bits per heavy atom. The highest BCUT2D eigenvalue weighted by Gasteiger charge is 2.56. The second-order valence-corrected chi connectivity index (χ2v) is 8.81. The summed E-state index contributed by atoms with van der Waals surface area (Å²) in [5.41, 5.74) is 1.35. The van der Waals surface area contributed by atoms with Crippen molar-refractivity contribution in [2.45, 2.75) is 45.2 Å². The van der Waals surface area contributed by atoms with Gasteiger partial charge in [-0.2, -0.15) is 0 Å². The lowest BCUT2D eigenvalue weighted by Crippen LogP contribution is -2.46. The average Bonchev–Trinajstić information content (AvgIpc) is 3.49. The van der Waals surface area contributed by atoms with Gasteiger partial charge in [-0.25, -0.2) is 19.2 Å². The maximum absolute atomic E-state index is 13.0. The molecule has 4 amide bonds. The molecule has 1 aromatic carbocycles. The molecule has 3 aromatic rings. The number of aryl methyl sites for hydroxylation is 1. The van der Waals surface area contributed by atoms with Crippen LogP contribution in [0.25, 0.3) is 5.65 Å². The normalized spacial score (nSPS) is 20.4. The number of urea groups is 1. The largest absolute Gasteiger partial charge is 0.352 e. The molecule has 170 valence electrons. The van der Waals surface area contributed by atoms with Gasteiger partial charge in [0.05, 0.1) is 12.1 Å². The van der Waals surface area contributed by atoms with Crippen LogP contribution in [-0.4, -0.2) is 38.0 Å². The monoisotopic (exact) mass is 448 g/mol. The van der Waals surface area contributed by atoms with E-state index in [9.17, 15) is 19.2 Å². The molecule has 2 aromatic heterocycles. The molecule has 5 rings (SSSR count). The van der Waals surface area contributed by atoms with Crippen molar-refractivity contribution in [1.82, 2.24) is 25.2 Å². The summed E-state index contributed by atoms with van der Waals surface area (Å²) in [6, 6.07) is 8.20. The number of benzene rings is 1. The van der Waals surface area contributed by atoms with Crippen LogP contribution in [-0.2, 0) is 22.6 Å². The maximum Gasteiger partial charge on any atom is 0.329 e. The summed E-state index contributed by atoms with van der Waals surface area (Å²) in [6.07, 6.45) is 3.36. The first kappa shape index (κ1) is 20.9. The fourth-order valence-electron chi connectivity index (χ4n) is 4.37. The Balaban J connectivity index is 1.28. The van der Waals surface area contributed by atoms with Gasteiger partial charge in [0.25, 0.3) is 11.5 Å². The number of anilines is 1. The third-order valence-corrected chi connectivity index (χ3v) is 6.45. The van der Waals surface area contributed by atoms with Gasteiger partial charge in [-0.15, -0.1) is 0 Å². The average molecular weight is 448 g/mol. The van der Waals surface area contributed by atoms with Crippen LogP contribution in [0.5, 0.6) is 0 Å². The molecule has 3 heterocycles. The number of carbonyl (C=O) groups excluding carboxylic acids is 3. The Morgan fingerprint density at radius 3 is 2.79 bits per heavy atom. The third kappa shape index (κ3) is 3.57. The molecule has 0 radical (unpaired) electrons. The Kier molecular flexibility index (Phi) is 4.80. The minimum Gasteiger partial charge on any atom is -0.352 e. The number of nitrogens with one attached hydrogen (secondary N) is 3. The van der Waals surface area contributed by atoms with Crippen LogP contribution >= 0.6 is 0 Å². The van der Waals surface area contributed by atoms with Crippen LogP contribution in [0.15, 0.2) is 41.3 Å². The number of rotatable bonds is 6. The van der Waals surface area contributed by atoms with Gasteiger partial charge in [0, 0.05) is 30.1 Å². The molecule has 1 unspecified atom stereocenters. The Morgan fingerprint density at radius 1 is 1.24 bits per heavy atom. The molecular formula is C23H24N6O4. The van der Waals surface area contributed by atoms with Crippen molar-refractivity contribution in [3.8, 4) is 0 Å². The van der Waals surface area contributed by atoms with E-state index in [-0.39, 0.29) is 36.3 Å². The van der Waals surface area contributed by atoms with Gasteiger partial charge in [0.2, 0.25) is 5.91 Å². The summed E-state index contributed by atoms with van der Waals surface area (Å²) in [7, 11) is 0. The second kappa shape index (κ2) is 7.58. The maximum atomic E-state index is 13.0. The fourth-order valence-corrected chi connectivity index (χ4v) is 4.37. The van der Waals surface area contributed by atoms with E-state index < -0.39 is 11.6 Å². The molecule has 1 aliphatic carbocycles. The summed E-state index contributed by atoms with van der Waals surface area (Å²) >= 11 is 0. The van der Waals surface area contributed by atoms with Gasteiger partial charge < -0.3 is 10.6 Å². The van der Waals surface area contributed by atoms with Crippen LogP contribution < -0.4 is 21.1 Å². The molecule has 0 spiro atoms. The minimum atomic E-state index is -0.860. The molecule has 10 heteroatoms. The van der Waals surface area contributed by atoms with Crippen molar-refractivity contribution >= 4 is 29.2 Å². The topological polar surface area (TPSA) is 129 Å². The number of imide groups is 1. The van der Waals surface area contributed by atoms with Crippen molar-refractivity contribution < 1.29 is 14.4 Å². The molecule has 1 saturated carbocycles. The van der Waals surface area contributed by atoms with Gasteiger partial charge >= 0.3 is 6.03 Å². The Hall–Kier alpha value is -3.95. The molecule has 33 heavy (non-hydrogen) atoms. The van der Waals surface area contributed by atoms with Crippen LogP contribution in [0.3, 0.4) is 0 Å². The first-order chi connectivity index (χ1) is 15.8. The second-order valence-electron chi connectivity index (χ2n) is 8.81. The van der Waals surface area contributed by atoms with Crippen LogP contribution in [0.4, 0.5) is 10.5 Å². The zero-order chi connectivity index (χ0) is 23.3. The minimum absolute atomic E-state index is 0.105. The van der Waals surface area contributed by atoms with E-state index in [0.717, 1.165) is 18.4 Å². The molecule has 0 bridgehead atoms. The van der Waals surface area contributed by atoms with Gasteiger partial charge in [0.1, 0.15) is 5.54 Å². The molecule has 3 N–H and O–H groups in total. The molecular weight excluding hydrogens is 424 g/mol. The smallest absolute Gasteiger partial charge is 0.329 e. The summed E-state index contributed by atoms with van der Waals surface area (Å²) < 4.78 is 1.30. The molecule has 1 atom stereocenters. The van der Waals surface area contributed by atoms with Crippen LogP contribution in [0.2, 0.25) is 0 Å². The summed E-state index contributed by atoms with van der Waals surface area (Å²) in [4.78, 5) is 56.2. The summed E-state index contributed by atoms with van der Waals surface area (Å²) in [5, 5.41) is 8.42. The van der Waals surface area contributed by atoms with Gasteiger partial charge in [-0.3, -0.25) is 19.5 Å². The van der Waals surface area contributed by atoms with E-state index in [1.165, 1.54) is 9.42 Å². The Labute approximate surface area is 189 Å². The Bertz CT molecular complexity index is 1350. The first-order valence-electron chi connectivity index (χ1n) is 10.9. The molecule has 2 aliphatic rings. The predicted molar refractivity (Wildman–Crippen MR) is 120 cm³/mol. The number of amides is 4. The number of carbonyl (C=O) groups is 3. The first-order valence-corrected chi connectivity index (χ1v) is 10.9. The zero-order valence-electron chi connectivity index (χ0n) is 18.3. The third-order valence-electron chi connectivity index (χ3n) is 6.45. The van der Waals surface area contributed by atoms with Crippen molar-refractivity contribution in [2.24, 2.45) is 5.92 Å². The number of hydrogen-bond acceptors (Lipinski definition) is 5. The number of H-pyrrole nitrogens is 1. The van der Waals surface area contributed by atoms with Gasteiger partial charge in [-0.05, 0) is 50.3 Å². The van der Waals surface area contributed by atoms with E-state index in [2.05, 4.69) is 20.7 Å². The predicted octanol–water partition coefficient (Wildman–Crippen LogP) is 1.41. The van der Waals surface area contributed by atoms with Crippen molar-refractivity contribution in [3.63, 3.8) is 0 Å². The number of fused-ring (bicyclic) bond motifs is 1. The molecule has 1 aliphatic heterocycles. The van der Waals surface area contributed by atoms with Gasteiger partial charge in [-0.1, -0.05) is 12.1 Å². The lowest BCUT2D eigenvalue weighted by atomic mass is 9.96. The van der Waals surface area contributed by atoms with E-state index in [1.807, 2.05) is 0 Å². The number of aromatic amines is 1. The number of aromatic nitrogens is 3. The lowest BCUT2D eigenvalue weighted by molar-refractivity contribution is -0.122. The van der Waals surface area contributed by atoms with Crippen molar-refractivity contribution in [3.05, 3.63) is 63.7 Å². The highest BCUT2D eigenvalue weighted by Crippen LogP contribution is 2.43. The summed E-state index contributed by atoms with van der Waals surface area (Å²) in [5.74, 6) is -0.404. The van der Waals surface area contributed by atoms with Crippen LogP contribution in [0, 0.1) is 12.8 Å².